The van der Waals surface area contributed by atoms with E-state index in [9.17, 15) is 0 Å². The van der Waals surface area contributed by atoms with Gasteiger partial charge in [-0.2, -0.15) is 0 Å². The molecule has 0 radical (unpaired) electrons. The fourth-order valence-electron chi connectivity index (χ4n) is 2.62. The maximum atomic E-state index is 5.46. The maximum Gasteiger partial charge on any atom is 0.0593 e. The van der Waals surface area contributed by atoms with Gasteiger partial charge in [0.05, 0.1) is 6.61 Å². The summed E-state index contributed by atoms with van der Waals surface area (Å²) in [6, 6.07) is 0.796. The molecule has 17 heavy (non-hydrogen) atoms. The Morgan fingerprint density at radius 1 is 1.24 bits per heavy atom. The van der Waals surface area contributed by atoms with Gasteiger partial charge in [-0.25, -0.2) is 0 Å². The molecule has 3 nitrogen and oxygen atoms in total. The van der Waals surface area contributed by atoms with E-state index in [2.05, 4.69) is 31.0 Å². The fourth-order valence-corrected chi connectivity index (χ4v) is 2.62. The molecule has 1 saturated carbocycles. The molecule has 2 unspecified atom stereocenters. The van der Waals surface area contributed by atoms with Crippen LogP contribution in [-0.2, 0) is 4.74 Å². The van der Waals surface area contributed by atoms with Crippen molar-refractivity contribution in [1.82, 2.24) is 10.2 Å². The van der Waals surface area contributed by atoms with Crippen LogP contribution in [0.4, 0.5) is 0 Å². The first-order chi connectivity index (χ1) is 8.33. The molecular weight excluding hydrogens is 212 g/mol. The number of rotatable bonds is 10. The second-order valence-electron chi connectivity index (χ2n) is 4.93. The van der Waals surface area contributed by atoms with E-state index in [0.29, 0.717) is 0 Å². The molecule has 1 N–H and O–H groups in total. The lowest BCUT2D eigenvalue weighted by atomic mass is 9.78. The summed E-state index contributed by atoms with van der Waals surface area (Å²) in [6.45, 7) is 12.9. The summed E-state index contributed by atoms with van der Waals surface area (Å²) in [7, 11) is 0. The quantitative estimate of drug-likeness (QED) is 0.594. The van der Waals surface area contributed by atoms with Crippen molar-refractivity contribution in [2.75, 3.05) is 39.4 Å². The Bertz CT molecular complexity index is 187. The van der Waals surface area contributed by atoms with Crippen LogP contribution in [0.3, 0.4) is 0 Å². The molecule has 0 aromatic carbocycles. The first-order valence-corrected chi connectivity index (χ1v) is 7.35. The highest BCUT2D eigenvalue weighted by Gasteiger charge is 2.33. The standard InChI is InChI=1S/C14H30N2O/c1-4-9-15-12-13-7-8-14(13)16(5-2)10-11-17-6-3/h13-15H,4-12H2,1-3H3. The van der Waals surface area contributed by atoms with E-state index >= 15 is 0 Å². The lowest BCUT2D eigenvalue weighted by Gasteiger charge is -2.44. The van der Waals surface area contributed by atoms with Gasteiger partial charge in [0.15, 0.2) is 0 Å². The molecule has 0 saturated heterocycles. The van der Waals surface area contributed by atoms with E-state index in [1.807, 2.05) is 0 Å². The largest absolute Gasteiger partial charge is 0.380 e. The van der Waals surface area contributed by atoms with Crippen LogP contribution < -0.4 is 5.32 Å². The molecular formula is C14H30N2O. The zero-order valence-electron chi connectivity index (χ0n) is 11.9. The van der Waals surface area contributed by atoms with Crippen LogP contribution in [0.1, 0.15) is 40.0 Å². The van der Waals surface area contributed by atoms with Crippen molar-refractivity contribution in [3.8, 4) is 0 Å². The van der Waals surface area contributed by atoms with E-state index in [1.54, 1.807) is 0 Å². The minimum absolute atomic E-state index is 0.796. The average Bonchev–Trinajstić information content (AvgIpc) is 2.32. The van der Waals surface area contributed by atoms with E-state index in [1.165, 1.54) is 25.8 Å². The molecule has 0 spiro atoms. The van der Waals surface area contributed by atoms with Gasteiger partial charge in [-0.05, 0) is 51.7 Å². The van der Waals surface area contributed by atoms with Gasteiger partial charge < -0.3 is 10.1 Å². The first kappa shape index (κ1) is 14.9. The molecule has 2 atom stereocenters. The molecule has 102 valence electrons. The lowest BCUT2D eigenvalue weighted by molar-refractivity contribution is 0.0358. The smallest absolute Gasteiger partial charge is 0.0593 e. The third-order valence-electron chi connectivity index (χ3n) is 3.81. The summed E-state index contributed by atoms with van der Waals surface area (Å²) < 4.78 is 5.46. The van der Waals surface area contributed by atoms with Crippen LogP contribution >= 0.6 is 0 Å². The molecule has 1 aliphatic rings. The topological polar surface area (TPSA) is 24.5 Å². The van der Waals surface area contributed by atoms with Crippen molar-refractivity contribution >= 4 is 0 Å². The first-order valence-electron chi connectivity index (χ1n) is 7.35. The van der Waals surface area contributed by atoms with Gasteiger partial charge in [0.25, 0.3) is 0 Å². The van der Waals surface area contributed by atoms with Crippen LogP contribution in [0, 0.1) is 5.92 Å². The normalized spacial score (nSPS) is 24.0. The maximum absolute atomic E-state index is 5.46. The molecule has 0 heterocycles. The van der Waals surface area contributed by atoms with Crippen LogP contribution in [0.25, 0.3) is 0 Å². The van der Waals surface area contributed by atoms with Gasteiger partial charge in [-0.15, -0.1) is 0 Å². The Hall–Kier alpha value is -0.120. The highest BCUT2D eigenvalue weighted by atomic mass is 16.5. The van der Waals surface area contributed by atoms with E-state index in [0.717, 1.165) is 44.8 Å². The summed E-state index contributed by atoms with van der Waals surface area (Å²) in [4.78, 5) is 2.59. The Kier molecular flexibility index (Phi) is 7.82. The van der Waals surface area contributed by atoms with Crippen LogP contribution in [0.2, 0.25) is 0 Å². The second kappa shape index (κ2) is 8.90. The van der Waals surface area contributed by atoms with Crippen molar-refractivity contribution < 1.29 is 4.74 Å². The van der Waals surface area contributed by atoms with Crippen molar-refractivity contribution in [2.24, 2.45) is 5.92 Å². The molecule has 1 aliphatic carbocycles. The highest BCUT2D eigenvalue weighted by molar-refractivity contribution is 4.89. The van der Waals surface area contributed by atoms with Crippen LogP contribution in [0.5, 0.6) is 0 Å². The van der Waals surface area contributed by atoms with Crippen molar-refractivity contribution in [1.29, 1.82) is 0 Å². The molecule has 0 aromatic heterocycles. The minimum atomic E-state index is 0.796. The molecule has 0 aliphatic heterocycles. The number of likely N-dealkylation sites (N-methyl/N-ethyl adjacent to an activating group) is 1. The Morgan fingerprint density at radius 2 is 2.06 bits per heavy atom. The molecule has 0 aromatic rings. The fraction of sp³-hybridized carbons (Fsp3) is 1.00. The molecule has 1 rings (SSSR count). The Labute approximate surface area is 107 Å². The molecule has 0 amide bonds. The Balaban J connectivity index is 2.21. The van der Waals surface area contributed by atoms with Gasteiger partial charge in [-0.3, -0.25) is 4.90 Å². The monoisotopic (exact) mass is 242 g/mol. The van der Waals surface area contributed by atoms with E-state index in [-0.39, 0.29) is 0 Å². The number of hydrogen-bond acceptors (Lipinski definition) is 3. The number of ether oxygens (including phenoxy) is 1. The van der Waals surface area contributed by atoms with E-state index in [4.69, 9.17) is 4.74 Å². The third-order valence-corrected chi connectivity index (χ3v) is 3.81. The van der Waals surface area contributed by atoms with Gasteiger partial charge in [0.1, 0.15) is 0 Å². The zero-order valence-corrected chi connectivity index (χ0v) is 11.9. The highest BCUT2D eigenvalue weighted by Crippen LogP contribution is 2.31. The summed E-state index contributed by atoms with van der Waals surface area (Å²) in [5.74, 6) is 0.864. The minimum Gasteiger partial charge on any atom is -0.380 e. The van der Waals surface area contributed by atoms with Crippen molar-refractivity contribution in [2.45, 2.75) is 46.1 Å². The molecule has 1 fully saturated rings. The summed E-state index contributed by atoms with van der Waals surface area (Å²) in [6.07, 6.45) is 4.00. The second-order valence-corrected chi connectivity index (χ2v) is 4.93. The Morgan fingerprint density at radius 3 is 2.59 bits per heavy atom. The average molecular weight is 242 g/mol. The molecule has 0 bridgehead atoms. The SMILES string of the molecule is CCCNCC1CCC1N(CC)CCOCC. The van der Waals surface area contributed by atoms with Crippen LogP contribution in [0.15, 0.2) is 0 Å². The number of nitrogens with one attached hydrogen (secondary N) is 1. The predicted molar refractivity (Wildman–Crippen MR) is 73.4 cm³/mol. The van der Waals surface area contributed by atoms with Gasteiger partial charge in [-0.1, -0.05) is 13.8 Å². The number of nitrogens with zero attached hydrogens (tertiary/aromatic N) is 1. The van der Waals surface area contributed by atoms with Gasteiger partial charge >= 0.3 is 0 Å². The predicted octanol–water partition coefficient (Wildman–Crippen LogP) is 2.12. The number of hydrogen-bond donors (Lipinski definition) is 1. The van der Waals surface area contributed by atoms with Crippen LogP contribution in [-0.4, -0.2) is 50.3 Å². The third kappa shape index (κ3) is 4.94. The summed E-state index contributed by atoms with van der Waals surface area (Å²) >= 11 is 0. The summed E-state index contributed by atoms with van der Waals surface area (Å²) in [5, 5.41) is 3.56. The summed E-state index contributed by atoms with van der Waals surface area (Å²) in [5.41, 5.74) is 0. The lowest BCUT2D eigenvalue weighted by Crippen LogP contribution is -2.51. The zero-order chi connectivity index (χ0) is 12.5. The van der Waals surface area contributed by atoms with Gasteiger partial charge in [0, 0.05) is 19.2 Å². The van der Waals surface area contributed by atoms with Crippen molar-refractivity contribution in [3.05, 3.63) is 0 Å². The van der Waals surface area contributed by atoms with Crippen molar-refractivity contribution in [3.63, 3.8) is 0 Å². The van der Waals surface area contributed by atoms with E-state index < -0.39 is 0 Å². The van der Waals surface area contributed by atoms with Gasteiger partial charge in [0.2, 0.25) is 0 Å². The molecule has 3 heteroatoms.